The zero-order chi connectivity index (χ0) is 11.4. The van der Waals surface area contributed by atoms with Crippen LogP contribution in [0.1, 0.15) is 13.3 Å². The first-order valence-electron chi connectivity index (χ1n) is 4.07. The molecule has 0 aliphatic heterocycles. The van der Waals surface area contributed by atoms with Gasteiger partial charge in [0.05, 0.1) is 5.41 Å². The summed E-state index contributed by atoms with van der Waals surface area (Å²) in [4.78, 5) is 10.6. The van der Waals surface area contributed by atoms with Crippen LogP contribution in [0.4, 0.5) is 13.2 Å². The van der Waals surface area contributed by atoms with Gasteiger partial charge in [0.2, 0.25) is 0 Å². The SMILES string of the molecule is CCC(O)(C(=O)O)C(CF)(CF)CF. The minimum absolute atomic E-state index is 0.458. The van der Waals surface area contributed by atoms with Gasteiger partial charge in [-0.1, -0.05) is 6.92 Å². The molecule has 0 saturated heterocycles. The van der Waals surface area contributed by atoms with Gasteiger partial charge >= 0.3 is 5.97 Å². The number of carboxylic acids is 1. The van der Waals surface area contributed by atoms with Crippen molar-refractivity contribution in [1.29, 1.82) is 0 Å². The van der Waals surface area contributed by atoms with Crippen LogP contribution in [0.25, 0.3) is 0 Å². The van der Waals surface area contributed by atoms with Gasteiger partial charge in [0.1, 0.15) is 20.0 Å². The van der Waals surface area contributed by atoms with Crippen LogP contribution in [0.3, 0.4) is 0 Å². The van der Waals surface area contributed by atoms with Gasteiger partial charge in [-0.05, 0) is 6.42 Å². The monoisotopic (exact) mass is 214 g/mol. The molecule has 0 aromatic heterocycles. The van der Waals surface area contributed by atoms with Crippen molar-refractivity contribution >= 4 is 5.97 Å². The largest absolute Gasteiger partial charge is 0.479 e. The third-order valence-corrected chi connectivity index (χ3v) is 2.51. The molecule has 0 saturated carbocycles. The van der Waals surface area contributed by atoms with E-state index < -0.39 is 43.4 Å². The average Bonchev–Trinajstić information content (AvgIpc) is 2.20. The molecule has 3 nitrogen and oxygen atoms in total. The van der Waals surface area contributed by atoms with Gasteiger partial charge in [-0.3, -0.25) is 13.2 Å². The maximum atomic E-state index is 12.5. The number of carbonyl (C=O) groups is 1. The van der Waals surface area contributed by atoms with Gasteiger partial charge in [-0.25, -0.2) is 4.79 Å². The molecule has 14 heavy (non-hydrogen) atoms. The van der Waals surface area contributed by atoms with E-state index in [2.05, 4.69) is 0 Å². The molecular formula is C8H13F3O3. The van der Waals surface area contributed by atoms with E-state index in [0.717, 1.165) is 0 Å². The van der Waals surface area contributed by atoms with Gasteiger partial charge in [0.15, 0.2) is 5.60 Å². The van der Waals surface area contributed by atoms with Crippen LogP contribution in [0, 0.1) is 5.41 Å². The van der Waals surface area contributed by atoms with Crippen LogP contribution < -0.4 is 0 Å². The predicted octanol–water partition coefficient (Wildman–Crippen LogP) is 1.11. The number of aliphatic carboxylic acids is 1. The number of aliphatic hydroxyl groups is 1. The second kappa shape index (κ2) is 4.63. The highest BCUT2D eigenvalue weighted by molar-refractivity contribution is 5.78. The summed E-state index contributed by atoms with van der Waals surface area (Å²) in [5, 5.41) is 18.1. The van der Waals surface area contributed by atoms with Crippen molar-refractivity contribution in [3.8, 4) is 0 Å². The first-order chi connectivity index (χ1) is 6.44. The highest BCUT2D eigenvalue weighted by Crippen LogP contribution is 2.36. The Kier molecular flexibility index (Phi) is 4.38. The second-order valence-electron chi connectivity index (χ2n) is 3.20. The average molecular weight is 214 g/mol. The van der Waals surface area contributed by atoms with E-state index in [9.17, 15) is 23.1 Å². The van der Waals surface area contributed by atoms with E-state index in [1.165, 1.54) is 6.92 Å². The lowest BCUT2D eigenvalue weighted by molar-refractivity contribution is -0.183. The standard InChI is InChI=1S/C8H13F3O3/c1-2-8(14,6(12)13)7(3-9,4-10)5-11/h14H,2-5H2,1H3,(H,12,13). The summed E-state index contributed by atoms with van der Waals surface area (Å²) in [6, 6.07) is 0. The topological polar surface area (TPSA) is 57.5 Å². The normalized spacial score (nSPS) is 16.4. The molecule has 0 rings (SSSR count). The number of hydrogen-bond acceptors (Lipinski definition) is 2. The number of carboxylic acid groups (broad SMARTS) is 1. The van der Waals surface area contributed by atoms with Crippen LogP contribution in [-0.2, 0) is 4.79 Å². The zero-order valence-electron chi connectivity index (χ0n) is 7.76. The lowest BCUT2D eigenvalue weighted by Crippen LogP contribution is -2.57. The molecule has 0 aromatic carbocycles. The summed E-state index contributed by atoms with van der Waals surface area (Å²) >= 11 is 0. The third-order valence-electron chi connectivity index (χ3n) is 2.51. The number of hydrogen-bond donors (Lipinski definition) is 2. The van der Waals surface area contributed by atoms with Crippen molar-refractivity contribution in [3.05, 3.63) is 0 Å². The Morgan fingerprint density at radius 1 is 1.21 bits per heavy atom. The summed E-state index contributed by atoms with van der Waals surface area (Å²) in [5.41, 5.74) is -5.20. The molecule has 84 valence electrons. The fourth-order valence-corrected chi connectivity index (χ4v) is 1.19. The Bertz CT molecular complexity index is 198. The molecule has 0 fully saturated rings. The molecule has 0 bridgehead atoms. The van der Waals surface area contributed by atoms with Crippen LogP contribution in [0.2, 0.25) is 0 Å². The lowest BCUT2D eigenvalue weighted by atomic mass is 9.73. The summed E-state index contributed by atoms with van der Waals surface area (Å²) in [5.74, 6) is -1.81. The Morgan fingerprint density at radius 3 is 1.64 bits per heavy atom. The maximum absolute atomic E-state index is 12.5. The van der Waals surface area contributed by atoms with E-state index in [0.29, 0.717) is 0 Å². The van der Waals surface area contributed by atoms with Gasteiger partial charge in [0.25, 0.3) is 0 Å². The minimum Gasteiger partial charge on any atom is -0.479 e. The quantitative estimate of drug-likeness (QED) is 0.696. The lowest BCUT2D eigenvalue weighted by Gasteiger charge is -2.38. The summed E-state index contributed by atoms with van der Waals surface area (Å²) in [7, 11) is 0. The van der Waals surface area contributed by atoms with Crippen molar-refractivity contribution < 1.29 is 28.2 Å². The Morgan fingerprint density at radius 2 is 1.57 bits per heavy atom. The van der Waals surface area contributed by atoms with Crippen LogP contribution in [0.5, 0.6) is 0 Å². The molecule has 1 unspecified atom stereocenters. The van der Waals surface area contributed by atoms with Crippen LogP contribution in [-0.4, -0.2) is 41.8 Å². The first kappa shape index (κ1) is 13.2. The molecular weight excluding hydrogens is 201 g/mol. The molecule has 0 aliphatic rings. The molecule has 0 aliphatic carbocycles. The fourth-order valence-electron chi connectivity index (χ4n) is 1.19. The Balaban J connectivity index is 5.22. The van der Waals surface area contributed by atoms with E-state index in [4.69, 9.17) is 5.11 Å². The van der Waals surface area contributed by atoms with Gasteiger partial charge < -0.3 is 10.2 Å². The van der Waals surface area contributed by atoms with Gasteiger partial charge in [-0.15, -0.1) is 0 Å². The van der Waals surface area contributed by atoms with Crippen molar-refractivity contribution in [1.82, 2.24) is 0 Å². The smallest absolute Gasteiger partial charge is 0.336 e. The maximum Gasteiger partial charge on any atom is 0.336 e. The van der Waals surface area contributed by atoms with E-state index in [1.54, 1.807) is 0 Å². The molecule has 1 atom stereocenters. The zero-order valence-corrected chi connectivity index (χ0v) is 7.76. The minimum atomic E-state index is -2.70. The van der Waals surface area contributed by atoms with E-state index in [-0.39, 0.29) is 0 Å². The summed E-state index contributed by atoms with van der Waals surface area (Å²) in [6.07, 6.45) is -0.458. The number of rotatable bonds is 6. The number of halogens is 3. The van der Waals surface area contributed by atoms with Crippen molar-refractivity contribution in [2.24, 2.45) is 5.41 Å². The predicted molar refractivity (Wildman–Crippen MR) is 43.2 cm³/mol. The van der Waals surface area contributed by atoms with Gasteiger partial charge in [0, 0.05) is 0 Å². The Hall–Kier alpha value is -0.780. The third kappa shape index (κ3) is 1.70. The van der Waals surface area contributed by atoms with Crippen molar-refractivity contribution in [2.75, 3.05) is 20.0 Å². The van der Waals surface area contributed by atoms with Crippen LogP contribution >= 0.6 is 0 Å². The molecule has 0 heterocycles. The highest BCUT2D eigenvalue weighted by atomic mass is 19.1. The Labute approximate surface area is 79.5 Å². The molecule has 2 N–H and O–H groups in total. The van der Waals surface area contributed by atoms with Gasteiger partial charge in [-0.2, -0.15) is 0 Å². The molecule has 0 aromatic rings. The van der Waals surface area contributed by atoms with Crippen LogP contribution in [0.15, 0.2) is 0 Å². The molecule has 6 heteroatoms. The summed E-state index contributed by atoms with van der Waals surface area (Å²) < 4.78 is 37.4. The summed E-state index contributed by atoms with van der Waals surface area (Å²) in [6.45, 7) is -3.45. The molecule has 0 spiro atoms. The van der Waals surface area contributed by atoms with E-state index in [1.807, 2.05) is 0 Å². The molecule has 0 amide bonds. The number of alkyl halides is 3. The second-order valence-corrected chi connectivity index (χ2v) is 3.20. The van der Waals surface area contributed by atoms with E-state index >= 15 is 0 Å². The first-order valence-corrected chi connectivity index (χ1v) is 4.07. The van der Waals surface area contributed by atoms with Crippen molar-refractivity contribution in [2.45, 2.75) is 18.9 Å². The fraction of sp³-hybridized carbons (Fsp3) is 0.875. The molecule has 0 radical (unpaired) electrons. The van der Waals surface area contributed by atoms with Crippen molar-refractivity contribution in [3.63, 3.8) is 0 Å². The highest BCUT2D eigenvalue weighted by Gasteiger charge is 2.55.